The number of hydrogen-bond donors (Lipinski definition) is 1. The van der Waals surface area contributed by atoms with E-state index in [9.17, 15) is 9.18 Å². The van der Waals surface area contributed by atoms with Crippen LogP contribution in [0.15, 0.2) is 30.6 Å². The molecular formula is C13H13ClFN3O. The summed E-state index contributed by atoms with van der Waals surface area (Å²) in [7, 11) is 1.74. The van der Waals surface area contributed by atoms with Crippen LogP contribution in [0, 0.1) is 5.82 Å². The molecule has 100 valence electrons. The fourth-order valence-electron chi connectivity index (χ4n) is 1.76. The molecule has 0 bridgehead atoms. The Balaban J connectivity index is 2.14. The standard InChI is InChI=1S/C13H13ClFN3O/c1-18-7-9(6-17-18)13(16)12(19)5-8-4-10(15)2-3-11(8)14/h2-4,6-7,13H,5,16H2,1H3. The van der Waals surface area contributed by atoms with Gasteiger partial charge in [0.1, 0.15) is 5.82 Å². The third kappa shape index (κ3) is 3.19. The van der Waals surface area contributed by atoms with Crippen molar-refractivity contribution in [2.75, 3.05) is 0 Å². The molecule has 1 aromatic carbocycles. The van der Waals surface area contributed by atoms with Crippen molar-refractivity contribution in [2.24, 2.45) is 12.8 Å². The van der Waals surface area contributed by atoms with Gasteiger partial charge in [-0.15, -0.1) is 0 Å². The van der Waals surface area contributed by atoms with Crippen LogP contribution in [0.4, 0.5) is 4.39 Å². The van der Waals surface area contributed by atoms with Crippen molar-refractivity contribution >= 4 is 17.4 Å². The Morgan fingerprint density at radius 2 is 2.32 bits per heavy atom. The van der Waals surface area contributed by atoms with E-state index in [0.29, 0.717) is 16.1 Å². The Morgan fingerprint density at radius 3 is 2.95 bits per heavy atom. The van der Waals surface area contributed by atoms with Gasteiger partial charge in [0.05, 0.1) is 12.2 Å². The van der Waals surface area contributed by atoms with Crippen molar-refractivity contribution in [3.8, 4) is 0 Å². The molecule has 0 radical (unpaired) electrons. The molecule has 2 aromatic rings. The first-order valence-electron chi connectivity index (χ1n) is 5.68. The Hall–Kier alpha value is -1.72. The highest BCUT2D eigenvalue weighted by atomic mass is 35.5. The highest BCUT2D eigenvalue weighted by Crippen LogP contribution is 2.20. The van der Waals surface area contributed by atoms with Gasteiger partial charge in [0.15, 0.2) is 5.78 Å². The molecule has 2 N–H and O–H groups in total. The fraction of sp³-hybridized carbons (Fsp3) is 0.231. The van der Waals surface area contributed by atoms with Crippen LogP contribution in [0.2, 0.25) is 5.02 Å². The molecule has 19 heavy (non-hydrogen) atoms. The molecule has 4 nitrogen and oxygen atoms in total. The lowest BCUT2D eigenvalue weighted by atomic mass is 10.0. The molecule has 0 spiro atoms. The van der Waals surface area contributed by atoms with Gasteiger partial charge in [-0.3, -0.25) is 9.48 Å². The van der Waals surface area contributed by atoms with Crippen molar-refractivity contribution in [2.45, 2.75) is 12.5 Å². The smallest absolute Gasteiger partial charge is 0.158 e. The van der Waals surface area contributed by atoms with Gasteiger partial charge in [-0.1, -0.05) is 11.6 Å². The van der Waals surface area contributed by atoms with Crippen LogP contribution in [-0.4, -0.2) is 15.6 Å². The molecule has 0 saturated heterocycles. The Labute approximate surface area is 115 Å². The van der Waals surface area contributed by atoms with Gasteiger partial charge in [-0.25, -0.2) is 4.39 Å². The monoisotopic (exact) mass is 281 g/mol. The van der Waals surface area contributed by atoms with Crippen LogP contribution in [0.3, 0.4) is 0 Å². The van der Waals surface area contributed by atoms with Crippen molar-refractivity contribution in [1.29, 1.82) is 0 Å². The van der Waals surface area contributed by atoms with Crippen LogP contribution in [0.5, 0.6) is 0 Å². The zero-order valence-corrected chi connectivity index (χ0v) is 11.1. The molecule has 1 aromatic heterocycles. The highest BCUT2D eigenvalue weighted by molar-refractivity contribution is 6.31. The first-order chi connectivity index (χ1) is 8.97. The first kappa shape index (κ1) is 13.7. The summed E-state index contributed by atoms with van der Waals surface area (Å²) in [5, 5.41) is 4.31. The van der Waals surface area contributed by atoms with E-state index in [1.54, 1.807) is 17.9 Å². The van der Waals surface area contributed by atoms with Crippen LogP contribution in [-0.2, 0) is 18.3 Å². The molecule has 6 heteroatoms. The number of aromatic nitrogens is 2. The number of carbonyl (C=O) groups excluding carboxylic acids is 1. The predicted octanol–water partition coefficient (Wildman–Crippen LogP) is 2.02. The van der Waals surface area contributed by atoms with Crippen LogP contribution in [0.25, 0.3) is 0 Å². The number of hydrogen-bond acceptors (Lipinski definition) is 3. The van der Waals surface area contributed by atoms with E-state index in [4.69, 9.17) is 17.3 Å². The lowest BCUT2D eigenvalue weighted by molar-refractivity contribution is -0.119. The first-order valence-corrected chi connectivity index (χ1v) is 6.06. The molecule has 2 rings (SSSR count). The normalized spacial score (nSPS) is 12.4. The minimum absolute atomic E-state index is 0.00729. The maximum atomic E-state index is 13.1. The van der Waals surface area contributed by atoms with Gasteiger partial charge in [-0.2, -0.15) is 5.10 Å². The van der Waals surface area contributed by atoms with Crippen LogP contribution < -0.4 is 5.73 Å². The van der Waals surface area contributed by atoms with E-state index in [2.05, 4.69) is 5.10 Å². The summed E-state index contributed by atoms with van der Waals surface area (Å²) in [5.41, 5.74) is 6.91. The van der Waals surface area contributed by atoms with Crippen molar-refractivity contribution in [3.05, 3.63) is 52.6 Å². The summed E-state index contributed by atoms with van der Waals surface area (Å²) >= 11 is 5.92. The number of rotatable bonds is 4. The maximum Gasteiger partial charge on any atom is 0.158 e. The predicted molar refractivity (Wildman–Crippen MR) is 70.3 cm³/mol. The molecule has 0 aliphatic heterocycles. The molecule has 1 heterocycles. The van der Waals surface area contributed by atoms with Gasteiger partial charge in [0.25, 0.3) is 0 Å². The third-order valence-electron chi connectivity index (χ3n) is 2.80. The number of nitrogens with two attached hydrogens (primary N) is 1. The number of halogens is 2. The van der Waals surface area contributed by atoms with E-state index < -0.39 is 11.9 Å². The largest absolute Gasteiger partial charge is 0.318 e. The number of benzene rings is 1. The Kier molecular flexibility index (Phi) is 3.97. The second-order valence-electron chi connectivity index (χ2n) is 4.30. The lowest BCUT2D eigenvalue weighted by Crippen LogP contribution is -2.22. The summed E-state index contributed by atoms with van der Waals surface area (Å²) in [6.07, 6.45) is 3.21. The molecule has 1 atom stereocenters. The second-order valence-corrected chi connectivity index (χ2v) is 4.71. The Bertz CT molecular complexity index is 612. The van der Waals surface area contributed by atoms with Crippen LogP contribution in [0.1, 0.15) is 17.2 Å². The molecule has 0 fully saturated rings. The topological polar surface area (TPSA) is 60.9 Å². The summed E-state index contributed by atoms with van der Waals surface area (Å²) in [5.74, 6) is -0.664. The lowest BCUT2D eigenvalue weighted by Gasteiger charge is -2.09. The number of Topliss-reactive ketones (excluding diaryl/α,β-unsaturated/α-hetero) is 1. The molecule has 1 unspecified atom stereocenters. The summed E-state index contributed by atoms with van der Waals surface area (Å²) in [6.45, 7) is 0. The van der Waals surface area contributed by atoms with E-state index in [0.717, 1.165) is 0 Å². The van der Waals surface area contributed by atoms with Crippen molar-refractivity contribution in [1.82, 2.24) is 9.78 Å². The van der Waals surface area contributed by atoms with E-state index >= 15 is 0 Å². The third-order valence-corrected chi connectivity index (χ3v) is 3.17. The van der Waals surface area contributed by atoms with Crippen molar-refractivity contribution < 1.29 is 9.18 Å². The molecule has 0 aliphatic rings. The summed E-state index contributed by atoms with van der Waals surface area (Å²) in [4.78, 5) is 12.0. The van der Waals surface area contributed by atoms with E-state index in [1.165, 1.54) is 24.4 Å². The average Bonchev–Trinajstić information content (AvgIpc) is 2.79. The molecule has 0 aliphatic carbocycles. The molecule has 0 saturated carbocycles. The minimum Gasteiger partial charge on any atom is -0.318 e. The maximum absolute atomic E-state index is 13.1. The van der Waals surface area contributed by atoms with Gasteiger partial charge < -0.3 is 5.73 Å². The van der Waals surface area contributed by atoms with Gasteiger partial charge in [0, 0.05) is 30.3 Å². The number of aryl methyl sites for hydroxylation is 1. The second kappa shape index (κ2) is 5.50. The number of carbonyl (C=O) groups is 1. The highest BCUT2D eigenvalue weighted by Gasteiger charge is 2.18. The summed E-state index contributed by atoms with van der Waals surface area (Å²) in [6, 6.07) is 3.14. The van der Waals surface area contributed by atoms with Crippen molar-refractivity contribution in [3.63, 3.8) is 0 Å². The Morgan fingerprint density at radius 1 is 1.58 bits per heavy atom. The fourth-order valence-corrected chi connectivity index (χ4v) is 1.95. The average molecular weight is 282 g/mol. The molecule has 0 amide bonds. The van der Waals surface area contributed by atoms with Gasteiger partial charge in [-0.05, 0) is 23.8 Å². The van der Waals surface area contributed by atoms with Crippen LogP contribution >= 0.6 is 11.6 Å². The quantitative estimate of drug-likeness (QED) is 0.933. The van der Waals surface area contributed by atoms with E-state index in [-0.39, 0.29) is 12.2 Å². The number of ketones is 1. The zero-order chi connectivity index (χ0) is 14.0. The number of nitrogens with zero attached hydrogens (tertiary/aromatic N) is 2. The minimum atomic E-state index is -0.784. The van der Waals surface area contributed by atoms with E-state index in [1.807, 2.05) is 0 Å². The zero-order valence-electron chi connectivity index (χ0n) is 10.3. The van der Waals surface area contributed by atoms with Gasteiger partial charge in [0.2, 0.25) is 0 Å². The SMILES string of the molecule is Cn1cc(C(N)C(=O)Cc2cc(F)ccc2Cl)cn1. The van der Waals surface area contributed by atoms with Gasteiger partial charge >= 0.3 is 0 Å². The summed E-state index contributed by atoms with van der Waals surface area (Å²) < 4.78 is 14.7. The molecular weight excluding hydrogens is 269 g/mol.